The Morgan fingerprint density at radius 3 is 2.29 bits per heavy atom. The van der Waals surface area contributed by atoms with Crippen molar-refractivity contribution < 1.29 is 23.9 Å². The summed E-state index contributed by atoms with van der Waals surface area (Å²) in [6.45, 7) is 11.0. The average Bonchev–Trinajstić information content (AvgIpc) is 3.10. The standard InChI is InChI=1S/C36H42N4O5/c1-35(2,3)44-23-30(39-34(43)45-36(4,5)6)32(41)38-29-20-19-26-11-8-10-14-31(26)40(33(29)42)22-24-15-17-25(18-16-24)28-13-9-7-12-27(28)21-37/h7-18,29-30H,19-20,22-23H2,1-6H3,(H,38,41)(H,39,43)/t29-,30-/m1/s1. The normalized spacial score (nSPS) is 15.7. The molecule has 3 aromatic carbocycles. The lowest BCUT2D eigenvalue weighted by atomic mass is 9.99. The van der Waals surface area contributed by atoms with Crippen LogP contribution in [-0.2, 0) is 32.0 Å². The highest BCUT2D eigenvalue weighted by atomic mass is 16.6. The predicted molar refractivity (Wildman–Crippen MR) is 173 cm³/mol. The summed E-state index contributed by atoms with van der Waals surface area (Å²) in [4.78, 5) is 42.0. The first-order valence-corrected chi connectivity index (χ1v) is 15.2. The minimum absolute atomic E-state index is 0.0965. The van der Waals surface area contributed by atoms with Gasteiger partial charge in [0.05, 0.1) is 30.4 Å². The van der Waals surface area contributed by atoms with Crippen molar-refractivity contribution in [2.75, 3.05) is 11.5 Å². The Morgan fingerprint density at radius 1 is 0.956 bits per heavy atom. The first-order chi connectivity index (χ1) is 21.2. The highest BCUT2D eigenvalue weighted by molar-refractivity contribution is 6.01. The lowest BCUT2D eigenvalue weighted by Crippen LogP contribution is -2.56. The quantitative estimate of drug-likeness (QED) is 0.328. The molecule has 2 N–H and O–H groups in total. The molecule has 1 aliphatic rings. The van der Waals surface area contributed by atoms with Crippen molar-refractivity contribution in [2.24, 2.45) is 0 Å². The van der Waals surface area contributed by atoms with E-state index in [0.29, 0.717) is 18.4 Å². The van der Waals surface area contributed by atoms with Gasteiger partial charge in [-0.2, -0.15) is 5.26 Å². The number of nitriles is 1. The summed E-state index contributed by atoms with van der Waals surface area (Å²) in [5.74, 6) is -0.783. The van der Waals surface area contributed by atoms with Gasteiger partial charge >= 0.3 is 6.09 Å². The number of alkyl carbamates (subject to hydrolysis) is 1. The second-order valence-corrected chi connectivity index (χ2v) is 13.1. The number of anilines is 1. The molecule has 9 heteroatoms. The molecule has 0 saturated heterocycles. The van der Waals surface area contributed by atoms with Crippen LogP contribution in [0.25, 0.3) is 11.1 Å². The monoisotopic (exact) mass is 610 g/mol. The third-order valence-electron chi connectivity index (χ3n) is 7.21. The van der Waals surface area contributed by atoms with Crippen molar-refractivity contribution in [1.29, 1.82) is 5.26 Å². The van der Waals surface area contributed by atoms with E-state index in [2.05, 4.69) is 16.7 Å². The number of benzene rings is 3. The molecule has 0 aliphatic carbocycles. The lowest BCUT2D eigenvalue weighted by molar-refractivity contribution is -0.131. The molecule has 1 heterocycles. The molecule has 1 aliphatic heterocycles. The number of nitrogens with zero attached hydrogens (tertiary/aromatic N) is 2. The van der Waals surface area contributed by atoms with Crippen LogP contribution in [0.5, 0.6) is 0 Å². The van der Waals surface area contributed by atoms with Crippen LogP contribution in [0.1, 0.15) is 64.7 Å². The number of carbonyl (C=O) groups is 3. The Labute approximate surface area is 265 Å². The van der Waals surface area contributed by atoms with Gasteiger partial charge in [-0.25, -0.2) is 4.79 Å². The Morgan fingerprint density at radius 2 is 1.62 bits per heavy atom. The maximum absolute atomic E-state index is 14.1. The molecule has 0 spiro atoms. The van der Waals surface area contributed by atoms with E-state index in [-0.39, 0.29) is 19.1 Å². The molecule has 236 valence electrons. The molecule has 0 radical (unpaired) electrons. The number of hydrogen-bond acceptors (Lipinski definition) is 6. The number of amides is 3. The fraction of sp³-hybridized carbons (Fsp3) is 0.389. The summed E-state index contributed by atoms with van der Waals surface area (Å²) in [5, 5.41) is 15.0. The summed E-state index contributed by atoms with van der Waals surface area (Å²) in [7, 11) is 0. The number of para-hydroxylation sites is 1. The second-order valence-electron chi connectivity index (χ2n) is 13.1. The van der Waals surface area contributed by atoms with Crippen LogP contribution in [-0.4, -0.2) is 47.8 Å². The summed E-state index contributed by atoms with van der Waals surface area (Å²) in [6, 6.07) is 23.3. The zero-order chi connectivity index (χ0) is 32.8. The average molecular weight is 611 g/mol. The molecule has 3 amide bonds. The SMILES string of the molecule is CC(C)(C)OC[C@@H](NC(=O)OC(C)(C)C)C(=O)N[C@@H]1CCc2ccccc2N(Cc2ccc(-c3ccccc3C#N)cc2)C1=O. The largest absolute Gasteiger partial charge is 0.444 e. The van der Waals surface area contributed by atoms with Crippen LogP contribution < -0.4 is 15.5 Å². The van der Waals surface area contributed by atoms with Crippen LogP contribution in [0.2, 0.25) is 0 Å². The van der Waals surface area contributed by atoms with Crippen LogP contribution >= 0.6 is 0 Å². The topological polar surface area (TPSA) is 121 Å². The molecule has 4 rings (SSSR count). The van der Waals surface area contributed by atoms with Crippen molar-refractivity contribution in [3.8, 4) is 17.2 Å². The van der Waals surface area contributed by atoms with Gasteiger partial charge < -0.3 is 25.0 Å². The molecule has 0 aromatic heterocycles. The fourth-order valence-corrected chi connectivity index (χ4v) is 5.06. The zero-order valence-electron chi connectivity index (χ0n) is 26.8. The summed E-state index contributed by atoms with van der Waals surface area (Å²) in [5.41, 5.74) is 3.71. The Kier molecular flexibility index (Phi) is 10.3. The smallest absolute Gasteiger partial charge is 0.408 e. The van der Waals surface area contributed by atoms with Crippen molar-refractivity contribution >= 4 is 23.6 Å². The highest BCUT2D eigenvalue weighted by Crippen LogP contribution is 2.30. The number of nitrogens with one attached hydrogen (secondary N) is 2. The van der Waals surface area contributed by atoms with E-state index >= 15 is 0 Å². The first-order valence-electron chi connectivity index (χ1n) is 15.2. The van der Waals surface area contributed by atoms with Crippen LogP contribution in [0.15, 0.2) is 72.8 Å². The number of hydrogen-bond donors (Lipinski definition) is 2. The lowest BCUT2D eigenvalue weighted by Gasteiger charge is -2.29. The van der Waals surface area contributed by atoms with E-state index in [9.17, 15) is 19.6 Å². The summed E-state index contributed by atoms with van der Waals surface area (Å²) in [6.07, 6.45) is 0.221. The third-order valence-corrected chi connectivity index (χ3v) is 7.21. The van der Waals surface area contributed by atoms with Crippen LogP contribution in [0.3, 0.4) is 0 Å². The number of fused-ring (bicyclic) bond motifs is 1. The van der Waals surface area contributed by atoms with Crippen molar-refractivity contribution in [1.82, 2.24) is 10.6 Å². The molecule has 2 atom stereocenters. The number of ether oxygens (including phenoxy) is 2. The minimum Gasteiger partial charge on any atom is -0.444 e. The predicted octanol–water partition coefficient (Wildman–Crippen LogP) is 5.90. The van der Waals surface area contributed by atoms with E-state index in [1.165, 1.54) is 0 Å². The summed E-state index contributed by atoms with van der Waals surface area (Å²) >= 11 is 0. The van der Waals surface area contributed by atoms with E-state index < -0.39 is 35.3 Å². The molecular weight excluding hydrogens is 568 g/mol. The van der Waals surface area contributed by atoms with Crippen LogP contribution in [0.4, 0.5) is 10.5 Å². The van der Waals surface area contributed by atoms with Gasteiger partial charge in [-0.15, -0.1) is 0 Å². The van der Waals surface area contributed by atoms with Gasteiger partial charge in [0, 0.05) is 5.69 Å². The molecule has 0 unspecified atom stereocenters. The molecular formula is C36H42N4O5. The molecule has 3 aromatic rings. The van der Waals surface area contributed by atoms with Gasteiger partial charge in [0.25, 0.3) is 0 Å². The second kappa shape index (κ2) is 14.0. The molecule has 45 heavy (non-hydrogen) atoms. The third kappa shape index (κ3) is 9.16. The number of carbonyl (C=O) groups excluding carboxylic acids is 3. The van der Waals surface area contributed by atoms with Gasteiger partial charge in [-0.3, -0.25) is 9.59 Å². The Balaban J connectivity index is 1.56. The minimum atomic E-state index is -1.07. The van der Waals surface area contributed by atoms with Gasteiger partial charge in [0.1, 0.15) is 17.7 Å². The molecule has 0 saturated carbocycles. The van der Waals surface area contributed by atoms with Crippen molar-refractivity contribution in [3.63, 3.8) is 0 Å². The Bertz CT molecular complexity index is 1560. The van der Waals surface area contributed by atoms with E-state index in [0.717, 1.165) is 27.9 Å². The van der Waals surface area contributed by atoms with Gasteiger partial charge in [0.15, 0.2) is 0 Å². The Hall–Kier alpha value is -4.68. The van der Waals surface area contributed by atoms with Gasteiger partial charge in [0.2, 0.25) is 11.8 Å². The van der Waals surface area contributed by atoms with Crippen molar-refractivity contribution in [2.45, 2.75) is 84.2 Å². The number of rotatable bonds is 8. The van der Waals surface area contributed by atoms with E-state index in [1.807, 2.05) is 87.5 Å². The van der Waals surface area contributed by atoms with Gasteiger partial charge in [-0.05, 0) is 88.8 Å². The summed E-state index contributed by atoms with van der Waals surface area (Å²) < 4.78 is 11.2. The maximum Gasteiger partial charge on any atom is 0.408 e. The number of aryl methyl sites for hydroxylation is 1. The van der Waals surface area contributed by atoms with Crippen LogP contribution in [0, 0.1) is 11.3 Å². The fourth-order valence-electron chi connectivity index (χ4n) is 5.06. The van der Waals surface area contributed by atoms with E-state index in [4.69, 9.17) is 9.47 Å². The zero-order valence-corrected chi connectivity index (χ0v) is 26.8. The highest BCUT2D eigenvalue weighted by Gasteiger charge is 2.34. The molecule has 9 nitrogen and oxygen atoms in total. The molecule has 0 fully saturated rings. The maximum atomic E-state index is 14.1. The van der Waals surface area contributed by atoms with Gasteiger partial charge in [-0.1, -0.05) is 60.7 Å². The molecule has 0 bridgehead atoms. The van der Waals surface area contributed by atoms with E-state index in [1.54, 1.807) is 31.7 Å². The first kappa shape index (κ1) is 33.2. The van der Waals surface area contributed by atoms with Crippen molar-refractivity contribution in [3.05, 3.63) is 89.5 Å².